The van der Waals surface area contributed by atoms with Crippen LogP contribution in [0.5, 0.6) is 0 Å². The smallest absolute Gasteiger partial charge is 0.0959 e. The minimum Gasteiger partial charge on any atom is -0.390 e. The van der Waals surface area contributed by atoms with Crippen LogP contribution >= 0.6 is 0 Å². The molecule has 1 N–H and O–H groups in total. The van der Waals surface area contributed by atoms with Crippen molar-refractivity contribution in [2.24, 2.45) is 5.92 Å². The summed E-state index contributed by atoms with van der Waals surface area (Å²) in [6.07, 6.45) is 4.08. The largest absolute Gasteiger partial charge is 0.390 e. The third-order valence-corrected chi connectivity index (χ3v) is 4.85. The summed E-state index contributed by atoms with van der Waals surface area (Å²) in [5.74, 6) is 0.751. The summed E-state index contributed by atoms with van der Waals surface area (Å²) in [7, 11) is 0. The van der Waals surface area contributed by atoms with Crippen LogP contribution in [0.15, 0.2) is 18.5 Å². The molecule has 2 unspecified atom stereocenters. The molecule has 2 aromatic rings. The molecule has 1 aliphatic heterocycles. The second-order valence-electron chi connectivity index (χ2n) is 6.98. The van der Waals surface area contributed by atoms with Gasteiger partial charge in [-0.2, -0.15) is 0 Å². The molecule has 0 spiro atoms. The molecule has 0 saturated carbocycles. The van der Waals surface area contributed by atoms with Gasteiger partial charge in [0, 0.05) is 13.1 Å². The molecule has 2 atom stereocenters. The maximum Gasteiger partial charge on any atom is 0.0959 e. The number of fused-ring (bicyclic) bond motifs is 1. The van der Waals surface area contributed by atoms with Crippen molar-refractivity contribution in [3.05, 3.63) is 29.6 Å². The van der Waals surface area contributed by atoms with E-state index in [9.17, 15) is 5.11 Å². The van der Waals surface area contributed by atoms with Gasteiger partial charge < -0.3 is 14.6 Å². The van der Waals surface area contributed by atoms with Crippen LogP contribution in [-0.2, 0) is 6.54 Å². The highest BCUT2D eigenvalue weighted by Crippen LogP contribution is 2.19. The van der Waals surface area contributed by atoms with Crippen LogP contribution in [0.3, 0.4) is 0 Å². The lowest BCUT2D eigenvalue weighted by Crippen LogP contribution is -2.40. The summed E-state index contributed by atoms with van der Waals surface area (Å²) >= 11 is 0. The Bertz CT molecular complexity index is 649. The van der Waals surface area contributed by atoms with Crippen LogP contribution in [0, 0.1) is 19.8 Å². The Morgan fingerprint density at radius 2 is 2.05 bits per heavy atom. The number of aryl methyl sites for hydroxylation is 2. The third kappa shape index (κ3) is 3.33. The SMILES string of the molecule is Cc1cc2ncn(CC(O)CN3CCCC(C)C3)c2cc1C. The number of piperidine rings is 1. The van der Waals surface area contributed by atoms with Gasteiger partial charge in [0.1, 0.15) is 0 Å². The maximum absolute atomic E-state index is 10.5. The van der Waals surface area contributed by atoms with Gasteiger partial charge in [-0.15, -0.1) is 0 Å². The molecule has 1 aromatic heterocycles. The number of aromatic nitrogens is 2. The molecule has 0 radical (unpaired) electrons. The molecule has 3 rings (SSSR count). The van der Waals surface area contributed by atoms with E-state index in [0.29, 0.717) is 6.54 Å². The number of likely N-dealkylation sites (tertiary alicyclic amines) is 1. The number of β-amino-alcohol motifs (C(OH)–C–C–N with tert-alkyl or cyclic N) is 1. The zero-order valence-electron chi connectivity index (χ0n) is 13.9. The quantitative estimate of drug-likeness (QED) is 0.944. The molecule has 1 saturated heterocycles. The van der Waals surface area contributed by atoms with Crippen molar-refractivity contribution in [1.29, 1.82) is 0 Å². The van der Waals surface area contributed by atoms with Gasteiger partial charge in [-0.05, 0) is 62.4 Å². The van der Waals surface area contributed by atoms with E-state index in [1.165, 1.54) is 24.0 Å². The molecule has 0 bridgehead atoms. The number of aliphatic hydroxyl groups excluding tert-OH is 1. The van der Waals surface area contributed by atoms with Crippen molar-refractivity contribution in [3.63, 3.8) is 0 Å². The summed E-state index contributed by atoms with van der Waals surface area (Å²) < 4.78 is 2.08. The Labute approximate surface area is 132 Å². The fourth-order valence-corrected chi connectivity index (χ4v) is 3.49. The average molecular weight is 301 g/mol. The molecule has 22 heavy (non-hydrogen) atoms. The fourth-order valence-electron chi connectivity index (χ4n) is 3.49. The lowest BCUT2D eigenvalue weighted by Gasteiger charge is -2.32. The van der Waals surface area contributed by atoms with Crippen LogP contribution < -0.4 is 0 Å². The molecule has 1 fully saturated rings. The number of nitrogens with zero attached hydrogens (tertiary/aromatic N) is 3. The van der Waals surface area contributed by atoms with Crippen LogP contribution in [0.4, 0.5) is 0 Å². The Hall–Kier alpha value is -1.39. The first-order chi connectivity index (χ1) is 10.5. The van der Waals surface area contributed by atoms with Gasteiger partial charge in [-0.3, -0.25) is 0 Å². The second kappa shape index (κ2) is 6.39. The average Bonchev–Trinajstić information content (AvgIpc) is 2.81. The third-order valence-electron chi connectivity index (χ3n) is 4.85. The zero-order chi connectivity index (χ0) is 15.7. The maximum atomic E-state index is 10.5. The van der Waals surface area contributed by atoms with Crippen molar-refractivity contribution < 1.29 is 5.11 Å². The van der Waals surface area contributed by atoms with E-state index in [2.05, 4.69) is 47.4 Å². The van der Waals surface area contributed by atoms with Gasteiger partial charge >= 0.3 is 0 Å². The summed E-state index contributed by atoms with van der Waals surface area (Å²) in [6.45, 7) is 10.1. The van der Waals surface area contributed by atoms with Crippen molar-refractivity contribution in [3.8, 4) is 0 Å². The normalized spacial score (nSPS) is 21.4. The number of rotatable bonds is 4. The Balaban J connectivity index is 1.68. The van der Waals surface area contributed by atoms with Crippen LogP contribution in [0.25, 0.3) is 11.0 Å². The molecule has 1 aliphatic rings. The fraction of sp³-hybridized carbons (Fsp3) is 0.611. The van der Waals surface area contributed by atoms with Gasteiger partial charge in [-0.1, -0.05) is 6.92 Å². The van der Waals surface area contributed by atoms with E-state index in [4.69, 9.17) is 0 Å². The highest BCUT2D eigenvalue weighted by atomic mass is 16.3. The first-order valence-electron chi connectivity index (χ1n) is 8.35. The summed E-state index contributed by atoms with van der Waals surface area (Å²) in [5, 5.41) is 10.5. The van der Waals surface area contributed by atoms with E-state index in [0.717, 1.165) is 36.6 Å². The summed E-state index contributed by atoms with van der Waals surface area (Å²) in [4.78, 5) is 6.87. The standard InChI is InChI=1S/C18H27N3O/c1-13-5-4-6-20(9-13)10-16(22)11-21-12-19-17-7-14(2)15(3)8-18(17)21/h7-8,12-13,16,22H,4-6,9-11H2,1-3H3. The van der Waals surface area contributed by atoms with Gasteiger partial charge in [0.25, 0.3) is 0 Å². The number of aliphatic hydroxyl groups is 1. The van der Waals surface area contributed by atoms with Crippen molar-refractivity contribution in [2.75, 3.05) is 19.6 Å². The molecule has 120 valence electrons. The Morgan fingerprint density at radius 1 is 1.27 bits per heavy atom. The van der Waals surface area contributed by atoms with Crippen LogP contribution in [-0.4, -0.2) is 45.3 Å². The lowest BCUT2D eigenvalue weighted by molar-refractivity contribution is 0.0773. The molecular formula is C18H27N3O. The molecule has 2 heterocycles. The van der Waals surface area contributed by atoms with Gasteiger partial charge in [0.15, 0.2) is 0 Å². The number of hydrogen-bond acceptors (Lipinski definition) is 3. The van der Waals surface area contributed by atoms with Gasteiger partial charge in [-0.25, -0.2) is 4.98 Å². The highest BCUT2D eigenvalue weighted by molar-refractivity contribution is 5.77. The topological polar surface area (TPSA) is 41.3 Å². The van der Waals surface area contributed by atoms with Gasteiger partial charge in [0.2, 0.25) is 0 Å². The first kappa shape index (κ1) is 15.5. The second-order valence-corrected chi connectivity index (χ2v) is 6.98. The Kier molecular flexibility index (Phi) is 4.50. The molecule has 1 aromatic carbocycles. The van der Waals surface area contributed by atoms with E-state index in [1.54, 1.807) is 0 Å². The highest BCUT2D eigenvalue weighted by Gasteiger charge is 2.19. The molecule has 4 heteroatoms. The van der Waals surface area contributed by atoms with E-state index in [1.807, 2.05) is 6.33 Å². The van der Waals surface area contributed by atoms with Crippen LogP contribution in [0.2, 0.25) is 0 Å². The first-order valence-corrected chi connectivity index (χ1v) is 8.35. The molecular weight excluding hydrogens is 274 g/mol. The summed E-state index contributed by atoms with van der Waals surface area (Å²) in [6, 6.07) is 4.30. The Morgan fingerprint density at radius 3 is 2.82 bits per heavy atom. The van der Waals surface area contributed by atoms with E-state index >= 15 is 0 Å². The predicted molar refractivity (Wildman–Crippen MR) is 90.1 cm³/mol. The van der Waals surface area contributed by atoms with Crippen LogP contribution in [0.1, 0.15) is 30.9 Å². The van der Waals surface area contributed by atoms with E-state index in [-0.39, 0.29) is 6.10 Å². The number of hydrogen-bond donors (Lipinski definition) is 1. The lowest BCUT2D eigenvalue weighted by atomic mass is 10.00. The molecule has 0 amide bonds. The molecule has 4 nitrogen and oxygen atoms in total. The van der Waals surface area contributed by atoms with Crippen molar-refractivity contribution in [1.82, 2.24) is 14.5 Å². The van der Waals surface area contributed by atoms with Gasteiger partial charge in [0.05, 0.1) is 30.0 Å². The number of imidazole rings is 1. The molecule has 0 aliphatic carbocycles. The van der Waals surface area contributed by atoms with E-state index < -0.39 is 0 Å². The predicted octanol–water partition coefficient (Wildman–Crippen LogP) is 2.75. The number of benzene rings is 1. The minimum absolute atomic E-state index is 0.343. The zero-order valence-corrected chi connectivity index (χ0v) is 13.9. The minimum atomic E-state index is -0.343. The monoisotopic (exact) mass is 301 g/mol. The summed E-state index contributed by atoms with van der Waals surface area (Å²) in [5.41, 5.74) is 4.67. The van der Waals surface area contributed by atoms with Crippen molar-refractivity contribution in [2.45, 2.75) is 46.3 Å². The van der Waals surface area contributed by atoms with Crippen molar-refractivity contribution >= 4 is 11.0 Å².